The first-order valence-corrected chi connectivity index (χ1v) is 5.09. The predicted octanol–water partition coefficient (Wildman–Crippen LogP) is 4.12. The lowest BCUT2D eigenvalue weighted by molar-refractivity contribution is 1.27. The fraction of sp³-hybridized carbons (Fsp3) is 0.214. The molecule has 2 aromatic rings. The number of nitrogens with zero attached hydrogens (tertiary/aromatic N) is 1. The highest BCUT2D eigenvalue weighted by Gasteiger charge is 1.91. The van der Waals surface area contributed by atoms with E-state index < -0.39 is 0 Å². The zero-order valence-electron chi connectivity index (χ0n) is 9.97. The molecule has 0 saturated heterocycles. The molecule has 0 N–H and O–H groups in total. The van der Waals surface area contributed by atoms with Crippen LogP contribution in [-0.4, -0.2) is 4.98 Å². The minimum absolute atomic E-state index is 0. The van der Waals surface area contributed by atoms with Crippen molar-refractivity contribution < 1.29 is 0 Å². The molecule has 0 saturated carbocycles. The molecule has 0 aliphatic rings. The molecule has 0 unspecified atom stereocenters. The van der Waals surface area contributed by atoms with Gasteiger partial charge >= 0.3 is 0 Å². The van der Waals surface area contributed by atoms with Crippen molar-refractivity contribution in [3.63, 3.8) is 0 Å². The zero-order valence-corrected chi connectivity index (χ0v) is 10.8. The van der Waals surface area contributed by atoms with Gasteiger partial charge in [-0.25, -0.2) is 0 Å². The number of hydrogen-bond acceptors (Lipinski definition) is 1. The van der Waals surface area contributed by atoms with Crippen LogP contribution in [0, 0.1) is 20.8 Å². The zero-order chi connectivity index (χ0) is 11.1. The third kappa shape index (κ3) is 4.94. The molecular formula is C14H18ClN. The number of rotatable bonds is 0. The third-order valence-electron chi connectivity index (χ3n) is 2.44. The molecule has 1 nitrogen and oxygen atoms in total. The standard InChI is InChI=1S/C9H12.C5H5N.ClH/c1-7-5-4-6-8(2)9(7)3;1-2-4-6-5-3-1;/h4-6H,1-3H3;1-5H;1H. The lowest BCUT2D eigenvalue weighted by Gasteiger charge is -2.00. The molecule has 0 amide bonds. The van der Waals surface area contributed by atoms with E-state index in [0.29, 0.717) is 0 Å². The van der Waals surface area contributed by atoms with E-state index in [2.05, 4.69) is 44.0 Å². The highest BCUT2D eigenvalue weighted by Crippen LogP contribution is 2.09. The number of halogens is 1. The van der Waals surface area contributed by atoms with Crippen LogP contribution in [0.3, 0.4) is 0 Å². The summed E-state index contributed by atoms with van der Waals surface area (Å²) in [6.07, 6.45) is 3.50. The summed E-state index contributed by atoms with van der Waals surface area (Å²) in [5.41, 5.74) is 4.18. The van der Waals surface area contributed by atoms with Crippen molar-refractivity contribution >= 4 is 12.4 Å². The molecule has 0 aliphatic carbocycles. The van der Waals surface area contributed by atoms with E-state index in [1.807, 2.05) is 18.2 Å². The monoisotopic (exact) mass is 235 g/mol. The largest absolute Gasteiger partial charge is 0.265 e. The smallest absolute Gasteiger partial charge is 0.0267 e. The lowest BCUT2D eigenvalue weighted by atomic mass is 10.1. The number of aryl methyl sites for hydroxylation is 2. The Kier molecular flexibility index (Phi) is 7.23. The van der Waals surface area contributed by atoms with Gasteiger partial charge in [-0.1, -0.05) is 24.3 Å². The molecule has 0 radical (unpaired) electrons. The van der Waals surface area contributed by atoms with Crippen LogP contribution in [0.4, 0.5) is 0 Å². The van der Waals surface area contributed by atoms with Gasteiger partial charge in [-0.15, -0.1) is 12.4 Å². The Morgan fingerprint density at radius 1 is 0.750 bits per heavy atom. The molecular weight excluding hydrogens is 218 g/mol. The minimum atomic E-state index is 0. The first kappa shape index (κ1) is 14.7. The van der Waals surface area contributed by atoms with E-state index in [1.54, 1.807) is 12.4 Å². The first-order valence-electron chi connectivity index (χ1n) is 5.09. The Balaban J connectivity index is 0.000000283. The Morgan fingerprint density at radius 3 is 1.50 bits per heavy atom. The van der Waals surface area contributed by atoms with Crippen LogP contribution >= 0.6 is 12.4 Å². The van der Waals surface area contributed by atoms with Gasteiger partial charge < -0.3 is 0 Å². The summed E-state index contributed by atoms with van der Waals surface area (Å²) in [5.74, 6) is 0. The maximum absolute atomic E-state index is 3.78. The lowest BCUT2D eigenvalue weighted by Crippen LogP contribution is -1.82. The second-order valence-corrected chi connectivity index (χ2v) is 3.54. The molecule has 2 heteroatoms. The molecule has 16 heavy (non-hydrogen) atoms. The maximum Gasteiger partial charge on any atom is 0.0267 e. The van der Waals surface area contributed by atoms with Gasteiger partial charge in [0.15, 0.2) is 0 Å². The van der Waals surface area contributed by atoms with Gasteiger partial charge in [0.05, 0.1) is 0 Å². The van der Waals surface area contributed by atoms with E-state index in [1.165, 1.54) is 16.7 Å². The minimum Gasteiger partial charge on any atom is -0.265 e. The molecule has 0 aliphatic heterocycles. The summed E-state index contributed by atoms with van der Waals surface area (Å²) >= 11 is 0. The SMILES string of the molecule is Cc1cccc(C)c1C.Cl.c1ccncc1. The highest BCUT2D eigenvalue weighted by atomic mass is 35.5. The quantitative estimate of drug-likeness (QED) is 0.670. The predicted molar refractivity (Wildman–Crippen MR) is 72.1 cm³/mol. The molecule has 0 spiro atoms. The van der Waals surface area contributed by atoms with Crippen molar-refractivity contribution in [1.82, 2.24) is 4.98 Å². The van der Waals surface area contributed by atoms with Gasteiger partial charge in [-0.3, -0.25) is 4.98 Å². The summed E-state index contributed by atoms with van der Waals surface area (Å²) in [4.78, 5) is 3.78. The topological polar surface area (TPSA) is 12.9 Å². The second kappa shape index (κ2) is 7.89. The van der Waals surface area contributed by atoms with Crippen molar-refractivity contribution in [2.45, 2.75) is 20.8 Å². The van der Waals surface area contributed by atoms with Crippen LogP contribution in [-0.2, 0) is 0 Å². The van der Waals surface area contributed by atoms with Gasteiger partial charge in [0, 0.05) is 12.4 Å². The van der Waals surface area contributed by atoms with Crippen molar-refractivity contribution in [3.8, 4) is 0 Å². The van der Waals surface area contributed by atoms with Crippen molar-refractivity contribution in [2.24, 2.45) is 0 Å². The number of pyridine rings is 1. The maximum atomic E-state index is 3.78. The van der Waals surface area contributed by atoms with Crippen molar-refractivity contribution in [2.75, 3.05) is 0 Å². The van der Waals surface area contributed by atoms with Gasteiger partial charge in [0.2, 0.25) is 0 Å². The van der Waals surface area contributed by atoms with Gasteiger partial charge in [-0.2, -0.15) is 0 Å². The Hall–Kier alpha value is -1.34. The third-order valence-corrected chi connectivity index (χ3v) is 2.44. The molecule has 0 bridgehead atoms. The fourth-order valence-corrected chi connectivity index (χ4v) is 1.21. The average molecular weight is 236 g/mol. The summed E-state index contributed by atoms with van der Waals surface area (Å²) in [5, 5.41) is 0. The van der Waals surface area contributed by atoms with Gasteiger partial charge in [0.1, 0.15) is 0 Å². The Labute approximate surface area is 104 Å². The molecule has 1 aromatic heterocycles. The molecule has 0 fully saturated rings. The second-order valence-electron chi connectivity index (χ2n) is 3.54. The van der Waals surface area contributed by atoms with Gasteiger partial charge in [0.25, 0.3) is 0 Å². The summed E-state index contributed by atoms with van der Waals surface area (Å²) in [6, 6.07) is 12.1. The van der Waals surface area contributed by atoms with Crippen molar-refractivity contribution in [3.05, 3.63) is 65.5 Å². The number of hydrogen-bond donors (Lipinski definition) is 0. The van der Waals surface area contributed by atoms with Gasteiger partial charge in [-0.05, 0) is 49.6 Å². The highest BCUT2D eigenvalue weighted by molar-refractivity contribution is 5.85. The van der Waals surface area contributed by atoms with E-state index in [9.17, 15) is 0 Å². The van der Waals surface area contributed by atoms with Crippen LogP contribution < -0.4 is 0 Å². The van der Waals surface area contributed by atoms with Crippen LogP contribution in [0.25, 0.3) is 0 Å². The molecule has 1 aromatic carbocycles. The van der Waals surface area contributed by atoms with Crippen LogP contribution in [0.15, 0.2) is 48.8 Å². The number of aromatic nitrogens is 1. The first-order chi connectivity index (χ1) is 7.22. The summed E-state index contributed by atoms with van der Waals surface area (Å²) < 4.78 is 0. The molecule has 2 rings (SSSR count). The normalized spacial score (nSPS) is 8.44. The summed E-state index contributed by atoms with van der Waals surface area (Å²) in [6.45, 7) is 6.44. The Morgan fingerprint density at radius 2 is 1.25 bits per heavy atom. The molecule has 0 atom stereocenters. The van der Waals surface area contributed by atoms with E-state index in [4.69, 9.17) is 0 Å². The Bertz CT molecular complexity index is 352. The number of benzene rings is 1. The molecule has 86 valence electrons. The fourth-order valence-electron chi connectivity index (χ4n) is 1.21. The average Bonchev–Trinajstić information content (AvgIpc) is 2.29. The van der Waals surface area contributed by atoms with Crippen LogP contribution in [0.1, 0.15) is 16.7 Å². The summed E-state index contributed by atoms with van der Waals surface area (Å²) in [7, 11) is 0. The van der Waals surface area contributed by atoms with Crippen LogP contribution in [0.2, 0.25) is 0 Å². The van der Waals surface area contributed by atoms with E-state index in [0.717, 1.165) is 0 Å². The van der Waals surface area contributed by atoms with Crippen molar-refractivity contribution in [1.29, 1.82) is 0 Å². The van der Waals surface area contributed by atoms with E-state index >= 15 is 0 Å². The van der Waals surface area contributed by atoms with E-state index in [-0.39, 0.29) is 12.4 Å². The van der Waals surface area contributed by atoms with Crippen LogP contribution in [0.5, 0.6) is 0 Å². The molecule has 1 heterocycles.